The second-order valence-electron chi connectivity index (χ2n) is 2.45. The minimum Gasteiger partial charge on any atom is -0.463 e. The number of nitrogens with zero attached hydrogens (tertiary/aromatic N) is 4. The molecule has 2 aromatic heterocycles. The lowest BCUT2D eigenvalue weighted by molar-refractivity contribution is 0.194. The number of nitrogens with two attached hydrogens (primary N) is 1. The average molecular weight is 214 g/mol. The number of carbonyl (C=O) groups is 1. The van der Waals surface area contributed by atoms with Crippen LogP contribution in [0.3, 0.4) is 0 Å². The number of anilines is 1. The van der Waals surface area contributed by atoms with Gasteiger partial charge in [0.05, 0.1) is 11.6 Å². The van der Waals surface area contributed by atoms with E-state index in [0.717, 1.165) is 0 Å². The predicted molar refractivity (Wildman–Crippen MR) is 48.2 cm³/mol. The van der Waals surface area contributed by atoms with E-state index in [4.69, 9.17) is 22.4 Å². The van der Waals surface area contributed by atoms with Crippen molar-refractivity contribution in [2.75, 3.05) is 5.73 Å². The van der Waals surface area contributed by atoms with Crippen molar-refractivity contribution in [1.29, 1.82) is 0 Å². The lowest BCUT2D eigenvalue weighted by atomic mass is 10.4. The fraction of sp³-hybridized carbons (Fsp3) is 0. The molecule has 0 saturated heterocycles. The zero-order valence-electron chi connectivity index (χ0n) is 6.68. The molecule has 14 heavy (non-hydrogen) atoms. The Kier molecular flexibility index (Phi) is 1.74. The van der Waals surface area contributed by atoms with Gasteiger partial charge in [-0.05, 0) is 0 Å². The molecule has 7 nitrogen and oxygen atoms in total. The third kappa shape index (κ3) is 1.14. The van der Waals surface area contributed by atoms with Crippen LogP contribution in [-0.4, -0.2) is 30.9 Å². The molecule has 0 aromatic carbocycles. The Hall–Kier alpha value is -1.89. The molecule has 3 N–H and O–H groups in total. The summed E-state index contributed by atoms with van der Waals surface area (Å²) in [6.45, 7) is 0. The number of rotatable bonds is 0. The van der Waals surface area contributed by atoms with Crippen molar-refractivity contribution in [2.24, 2.45) is 0 Å². The zero-order chi connectivity index (χ0) is 10.3. The Labute approximate surface area is 82.1 Å². The van der Waals surface area contributed by atoms with Gasteiger partial charge in [0.2, 0.25) is 5.95 Å². The number of hydrogen-bond acceptors (Lipinski definition) is 5. The molecule has 0 radical (unpaired) electrons. The summed E-state index contributed by atoms with van der Waals surface area (Å²) in [4.78, 5) is 18.0. The number of nitrogen functional groups attached to an aromatic ring is 1. The topological polar surface area (TPSA) is 107 Å². The van der Waals surface area contributed by atoms with E-state index in [0.29, 0.717) is 10.1 Å². The van der Waals surface area contributed by atoms with E-state index in [1.165, 1.54) is 6.20 Å². The van der Waals surface area contributed by atoms with Gasteiger partial charge in [0.1, 0.15) is 5.15 Å². The van der Waals surface area contributed by atoms with Gasteiger partial charge < -0.3 is 10.8 Å². The highest BCUT2D eigenvalue weighted by Crippen LogP contribution is 2.20. The van der Waals surface area contributed by atoms with Gasteiger partial charge in [-0.15, -0.1) is 4.68 Å². The molecule has 8 heteroatoms. The molecule has 0 aliphatic carbocycles. The highest BCUT2D eigenvalue weighted by Gasteiger charge is 2.13. The van der Waals surface area contributed by atoms with Crippen molar-refractivity contribution < 1.29 is 9.90 Å². The van der Waals surface area contributed by atoms with Crippen molar-refractivity contribution in [3.63, 3.8) is 0 Å². The summed E-state index contributed by atoms with van der Waals surface area (Å²) in [6.07, 6.45) is 0.0137. The first kappa shape index (κ1) is 8.70. The number of fused-ring (bicyclic) bond motifs is 1. The van der Waals surface area contributed by atoms with Crippen LogP contribution in [-0.2, 0) is 0 Å². The van der Waals surface area contributed by atoms with E-state index in [9.17, 15) is 4.79 Å². The molecule has 2 rings (SSSR count). The zero-order valence-corrected chi connectivity index (χ0v) is 7.43. The summed E-state index contributed by atoms with van der Waals surface area (Å²) in [5.74, 6) is -0.0921. The Morgan fingerprint density at radius 1 is 1.57 bits per heavy atom. The standard InChI is InChI=1S/C6H4ClN5O2/c7-3-2-1-9-12(6(13)14)4(2)11-5(8)10-3/h1H,(H,13,14)(H2,8,10,11). The van der Waals surface area contributed by atoms with E-state index in [1.807, 2.05) is 0 Å². The third-order valence-electron chi connectivity index (χ3n) is 1.58. The fourth-order valence-electron chi connectivity index (χ4n) is 1.03. The van der Waals surface area contributed by atoms with Gasteiger partial charge in [-0.3, -0.25) is 0 Å². The Bertz CT molecular complexity index is 522. The number of hydrogen-bond donors (Lipinski definition) is 2. The van der Waals surface area contributed by atoms with Crippen LogP contribution in [0, 0.1) is 0 Å². The Morgan fingerprint density at radius 2 is 2.29 bits per heavy atom. The highest BCUT2D eigenvalue weighted by molar-refractivity contribution is 6.34. The summed E-state index contributed by atoms with van der Waals surface area (Å²) >= 11 is 5.70. The lowest BCUT2D eigenvalue weighted by Crippen LogP contribution is -2.10. The molecule has 0 saturated carbocycles. The smallest absolute Gasteiger partial charge is 0.434 e. The molecule has 0 aliphatic heterocycles. The van der Waals surface area contributed by atoms with Crippen LogP contribution >= 0.6 is 11.6 Å². The summed E-state index contributed by atoms with van der Waals surface area (Å²) in [5, 5.41) is 12.7. The summed E-state index contributed by atoms with van der Waals surface area (Å²) < 4.78 is 0.680. The van der Waals surface area contributed by atoms with E-state index in [2.05, 4.69) is 15.1 Å². The van der Waals surface area contributed by atoms with Crippen molar-refractivity contribution in [3.05, 3.63) is 11.3 Å². The molecular formula is C6H4ClN5O2. The van der Waals surface area contributed by atoms with Crippen LogP contribution in [0.4, 0.5) is 10.7 Å². The van der Waals surface area contributed by atoms with Crippen LogP contribution in [0.1, 0.15) is 0 Å². The molecule has 72 valence electrons. The molecule has 0 aliphatic rings. The monoisotopic (exact) mass is 213 g/mol. The average Bonchev–Trinajstić information content (AvgIpc) is 2.47. The molecule has 0 spiro atoms. The van der Waals surface area contributed by atoms with Gasteiger partial charge in [0.25, 0.3) is 0 Å². The maximum atomic E-state index is 10.7. The highest BCUT2D eigenvalue weighted by atomic mass is 35.5. The van der Waals surface area contributed by atoms with Gasteiger partial charge in [-0.25, -0.2) is 9.78 Å². The molecule has 0 unspecified atom stereocenters. The second kappa shape index (κ2) is 2.81. The van der Waals surface area contributed by atoms with Crippen LogP contribution in [0.25, 0.3) is 11.0 Å². The molecule has 2 aromatic rings. The quantitative estimate of drug-likeness (QED) is 0.620. The van der Waals surface area contributed by atoms with Crippen molar-refractivity contribution in [3.8, 4) is 0 Å². The van der Waals surface area contributed by atoms with Gasteiger partial charge in [0, 0.05) is 0 Å². The minimum absolute atomic E-state index is 0.0787. The van der Waals surface area contributed by atoms with Crippen LogP contribution in [0.2, 0.25) is 5.15 Å². The fourth-order valence-corrected chi connectivity index (χ4v) is 1.25. The molecule has 0 atom stereocenters. The first-order chi connectivity index (χ1) is 6.59. The van der Waals surface area contributed by atoms with E-state index >= 15 is 0 Å². The molecule has 0 fully saturated rings. The number of carboxylic acid groups (broad SMARTS) is 1. The molecule has 2 heterocycles. The third-order valence-corrected chi connectivity index (χ3v) is 1.87. The Morgan fingerprint density at radius 3 is 2.93 bits per heavy atom. The maximum Gasteiger partial charge on any atom is 0.434 e. The number of halogens is 1. The Balaban J connectivity index is 2.85. The number of aromatic nitrogens is 4. The largest absolute Gasteiger partial charge is 0.463 e. The van der Waals surface area contributed by atoms with Crippen molar-refractivity contribution in [2.45, 2.75) is 0 Å². The molecule has 0 amide bonds. The predicted octanol–water partition coefficient (Wildman–Crippen LogP) is 0.588. The molecular weight excluding hydrogens is 210 g/mol. The second-order valence-corrected chi connectivity index (χ2v) is 2.81. The van der Waals surface area contributed by atoms with Crippen LogP contribution in [0.15, 0.2) is 6.20 Å². The summed E-state index contributed by atoms with van der Waals surface area (Å²) in [5.41, 5.74) is 5.39. The normalized spacial score (nSPS) is 10.6. The summed E-state index contributed by atoms with van der Waals surface area (Å²) in [6, 6.07) is 0. The van der Waals surface area contributed by atoms with Gasteiger partial charge in [-0.2, -0.15) is 10.1 Å². The maximum absolute atomic E-state index is 10.7. The van der Waals surface area contributed by atoms with Gasteiger partial charge in [-0.1, -0.05) is 11.6 Å². The van der Waals surface area contributed by atoms with E-state index < -0.39 is 6.09 Å². The minimum atomic E-state index is -1.26. The lowest BCUT2D eigenvalue weighted by Gasteiger charge is -1.96. The molecule has 0 bridgehead atoms. The van der Waals surface area contributed by atoms with Crippen LogP contribution in [0.5, 0.6) is 0 Å². The van der Waals surface area contributed by atoms with Gasteiger partial charge in [0.15, 0.2) is 5.65 Å². The first-order valence-electron chi connectivity index (χ1n) is 3.49. The van der Waals surface area contributed by atoms with E-state index in [1.54, 1.807) is 0 Å². The first-order valence-corrected chi connectivity index (χ1v) is 3.87. The van der Waals surface area contributed by atoms with Crippen molar-refractivity contribution in [1.82, 2.24) is 19.7 Å². The van der Waals surface area contributed by atoms with Crippen molar-refractivity contribution >= 4 is 34.7 Å². The van der Waals surface area contributed by atoms with E-state index in [-0.39, 0.29) is 16.7 Å². The van der Waals surface area contributed by atoms with Crippen LogP contribution < -0.4 is 5.73 Å². The summed E-state index contributed by atoms with van der Waals surface area (Å²) in [7, 11) is 0. The van der Waals surface area contributed by atoms with Gasteiger partial charge >= 0.3 is 6.09 Å². The SMILES string of the molecule is Nc1nc(Cl)c2cnn(C(=O)O)c2n1.